The molecular weight excluding hydrogens is 316 g/mol. The van der Waals surface area contributed by atoms with Gasteiger partial charge in [-0.15, -0.1) is 0 Å². The third kappa shape index (κ3) is 8.19. The number of unbranched alkanes of at least 4 members (excludes halogenated alkanes) is 4. The van der Waals surface area contributed by atoms with E-state index in [2.05, 4.69) is 20.8 Å². The molecule has 1 aromatic carbocycles. The van der Waals surface area contributed by atoms with Crippen molar-refractivity contribution >= 4 is 11.9 Å². The van der Waals surface area contributed by atoms with Crippen molar-refractivity contribution in [2.75, 3.05) is 13.2 Å². The Balaban J connectivity index is 2.56. The maximum absolute atomic E-state index is 12.3. The number of carbonyl (C=O) groups excluding carboxylic acids is 2. The first kappa shape index (κ1) is 21.2. The Bertz CT molecular complexity index is 524. The minimum absolute atomic E-state index is 0.281. The maximum Gasteiger partial charge on any atom is 0.339 e. The van der Waals surface area contributed by atoms with Gasteiger partial charge in [0.15, 0.2) is 0 Å². The van der Waals surface area contributed by atoms with Crippen molar-refractivity contribution in [3.05, 3.63) is 35.4 Å². The zero-order chi connectivity index (χ0) is 18.5. The van der Waals surface area contributed by atoms with Crippen molar-refractivity contribution in [1.29, 1.82) is 0 Å². The number of esters is 2. The fourth-order valence-corrected chi connectivity index (χ4v) is 2.54. The second-order valence-electron chi connectivity index (χ2n) is 6.59. The molecule has 0 heterocycles. The Morgan fingerprint density at radius 2 is 1.48 bits per heavy atom. The lowest BCUT2D eigenvalue weighted by atomic mass is 10.1. The van der Waals surface area contributed by atoms with Crippen molar-refractivity contribution in [2.24, 2.45) is 5.92 Å². The number of benzene rings is 1. The largest absolute Gasteiger partial charge is 0.462 e. The monoisotopic (exact) mass is 348 g/mol. The average Bonchev–Trinajstić information content (AvgIpc) is 2.64. The van der Waals surface area contributed by atoms with Gasteiger partial charge in [0.2, 0.25) is 0 Å². The fraction of sp³-hybridized carbons (Fsp3) is 0.619. The third-order valence-electron chi connectivity index (χ3n) is 4.15. The van der Waals surface area contributed by atoms with Crippen molar-refractivity contribution in [2.45, 2.75) is 65.7 Å². The van der Waals surface area contributed by atoms with E-state index in [1.165, 1.54) is 0 Å². The van der Waals surface area contributed by atoms with Gasteiger partial charge in [-0.25, -0.2) is 9.59 Å². The molecule has 1 atom stereocenters. The minimum Gasteiger partial charge on any atom is -0.462 e. The summed E-state index contributed by atoms with van der Waals surface area (Å²) in [7, 11) is 0. The topological polar surface area (TPSA) is 52.6 Å². The lowest BCUT2D eigenvalue weighted by Crippen LogP contribution is -2.17. The van der Waals surface area contributed by atoms with Crippen molar-refractivity contribution in [3.8, 4) is 0 Å². The summed E-state index contributed by atoms with van der Waals surface area (Å²) in [6.45, 7) is 7.11. The molecule has 1 unspecified atom stereocenters. The van der Waals surface area contributed by atoms with E-state index in [1.807, 2.05) is 0 Å². The predicted octanol–water partition coefficient (Wildman–Crippen LogP) is 5.41. The molecule has 140 valence electrons. The molecule has 1 aromatic rings. The van der Waals surface area contributed by atoms with Gasteiger partial charge in [-0.2, -0.15) is 0 Å². The van der Waals surface area contributed by atoms with Crippen LogP contribution in [0.3, 0.4) is 0 Å². The molecular formula is C21H32O4. The third-order valence-corrected chi connectivity index (χ3v) is 4.15. The van der Waals surface area contributed by atoms with E-state index in [4.69, 9.17) is 9.47 Å². The Labute approximate surface area is 151 Å². The van der Waals surface area contributed by atoms with Crippen LogP contribution in [0.15, 0.2) is 24.3 Å². The molecule has 25 heavy (non-hydrogen) atoms. The first-order valence-electron chi connectivity index (χ1n) is 9.53. The number of carbonyl (C=O) groups is 2. The van der Waals surface area contributed by atoms with Crippen LogP contribution in [-0.4, -0.2) is 25.2 Å². The predicted molar refractivity (Wildman–Crippen MR) is 99.8 cm³/mol. The quantitative estimate of drug-likeness (QED) is 0.374. The van der Waals surface area contributed by atoms with Gasteiger partial charge in [-0.1, -0.05) is 65.0 Å². The number of ether oxygens (including phenoxy) is 2. The summed E-state index contributed by atoms with van der Waals surface area (Å²) in [4.78, 5) is 24.6. The molecule has 0 fully saturated rings. The molecule has 0 saturated heterocycles. The van der Waals surface area contributed by atoms with Gasteiger partial charge >= 0.3 is 11.9 Å². The van der Waals surface area contributed by atoms with Crippen molar-refractivity contribution < 1.29 is 19.1 Å². The van der Waals surface area contributed by atoms with E-state index in [9.17, 15) is 9.59 Å². The Hall–Kier alpha value is -1.84. The first-order chi connectivity index (χ1) is 12.1. The molecule has 0 aliphatic heterocycles. The van der Waals surface area contributed by atoms with Gasteiger partial charge < -0.3 is 9.47 Å². The minimum atomic E-state index is -0.457. The van der Waals surface area contributed by atoms with E-state index in [1.54, 1.807) is 24.3 Å². The summed E-state index contributed by atoms with van der Waals surface area (Å²) in [5.74, 6) is -0.591. The average molecular weight is 348 g/mol. The van der Waals surface area contributed by atoms with Crippen molar-refractivity contribution in [3.63, 3.8) is 0 Å². The molecule has 0 N–H and O–H groups in total. The van der Waals surface area contributed by atoms with Crippen LogP contribution >= 0.6 is 0 Å². The Morgan fingerprint density at radius 1 is 0.880 bits per heavy atom. The standard InChI is InChI=1S/C21H32O4/c1-4-6-8-11-15-24-20(22)18-13-9-10-14-19(18)21(23)25-16-17(3)12-7-5-2/h9-10,13-14,17H,4-8,11-12,15-16H2,1-3H3. The van der Waals surface area contributed by atoms with E-state index >= 15 is 0 Å². The summed E-state index contributed by atoms with van der Waals surface area (Å²) in [5, 5.41) is 0. The smallest absolute Gasteiger partial charge is 0.339 e. The molecule has 0 bridgehead atoms. The van der Waals surface area contributed by atoms with Gasteiger partial charge in [-0.05, 0) is 30.9 Å². The molecule has 4 nitrogen and oxygen atoms in total. The molecule has 0 aliphatic carbocycles. The highest BCUT2D eigenvalue weighted by atomic mass is 16.5. The molecule has 4 heteroatoms. The SMILES string of the molecule is CCCCCCOC(=O)c1ccccc1C(=O)OCC(C)CCCC. The van der Waals surface area contributed by atoms with E-state index < -0.39 is 11.9 Å². The van der Waals surface area contributed by atoms with Crippen LogP contribution in [0.1, 0.15) is 86.4 Å². The molecule has 0 aromatic heterocycles. The van der Waals surface area contributed by atoms with Crippen LogP contribution in [0, 0.1) is 5.92 Å². The molecule has 0 spiro atoms. The number of rotatable bonds is 12. The number of hydrogen-bond acceptors (Lipinski definition) is 4. The van der Waals surface area contributed by atoms with Crippen molar-refractivity contribution in [1.82, 2.24) is 0 Å². The summed E-state index contributed by atoms with van der Waals surface area (Å²) in [6.07, 6.45) is 7.45. The van der Waals surface area contributed by atoms with Crippen LogP contribution in [0.25, 0.3) is 0 Å². The van der Waals surface area contributed by atoms with Crippen LogP contribution < -0.4 is 0 Å². The summed E-state index contributed by atoms with van der Waals surface area (Å²) in [5.41, 5.74) is 0.563. The Kier molecular flexibility index (Phi) is 10.6. The fourth-order valence-electron chi connectivity index (χ4n) is 2.54. The second-order valence-corrected chi connectivity index (χ2v) is 6.59. The van der Waals surface area contributed by atoms with Gasteiger partial charge in [-0.3, -0.25) is 0 Å². The van der Waals surface area contributed by atoms with Gasteiger partial charge in [0.25, 0.3) is 0 Å². The summed E-state index contributed by atoms with van der Waals surface area (Å²) < 4.78 is 10.7. The maximum atomic E-state index is 12.3. The van der Waals surface area contributed by atoms with E-state index in [0.29, 0.717) is 19.1 Å². The summed E-state index contributed by atoms with van der Waals surface area (Å²) >= 11 is 0. The van der Waals surface area contributed by atoms with E-state index in [0.717, 1.165) is 44.9 Å². The van der Waals surface area contributed by atoms with Gasteiger partial charge in [0, 0.05) is 0 Å². The highest BCUT2D eigenvalue weighted by Crippen LogP contribution is 2.14. The Morgan fingerprint density at radius 3 is 2.08 bits per heavy atom. The molecule has 0 saturated carbocycles. The zero-order valence-corrected chi connectivity index (χ0v) is 15.9. The van der Waals surface area contributed by atoms with Gasteiger partial charge in [0.05, 0.1) is 24.3 Å². The molecule has 1 rings (SSSR count). The summed E-state index contributed by atoms with van der Waals surface area (Å²) in [6, 6.07) is 6.70. The molecule has 0 amide bonds. The highest BCUT2D eigenvalue weighted by molar-refractivity contribution is 6.03. The first-order valence-corrected chi connectivity index (χ1v) is 9.53. The van der Waals surface area contributed by atoms with Crippen LogP contribution in [0.5, 0.6) is 0 Å². The van der Waals surface area contributed by atoms with Crippen LogP contribution in [0.4, 0.5) is 0 Å². The lowest BCUT2D eigenvalue weighted by molar-refractivity contribution is 0.0416. The number of hydrogen-bond donors (Lipinski definition) is 0. The van der Waals surface area contributed by atoms with Crippen LogP contribution in [0.2, 0.25) is 0 Å². The highest BCUT2D eigenvalue weighted by Gasteiger charge is 2.19. The van der Waals surface area contributed by atoms with E-state index in [-0.39, 0.29) is 11.1 Å². The van der Waals surface area contributed by atoms with Gasteiger partial charge in [0.1, 0.15) is 0 Å². The lowest BCUT2D eigenvalue weighted by Gasteiger charge is -2.13. The molecule has 0 radical (unpaired) electrons. The second kappa shape index (κ2) is 12.5. The normalized spacial score (nSPS) is 11.8. The van der Waals surface area contributed by atoms with Crippen LogP contribution in [-0.2, 0) is 9.47 Å². The zero-order valence-electron chi connectivity index (χ0n) is 15.9. The molecule has 0 aliphatic rings.